The van der Waals surface area contributed by atoms with Crippen molar-refractivity contribution in [2.24, 2.45) is 0 Å². The molecule has 3 aromatic rings. The highest BCUT2D eigenvalue weighted by atomic mass is 16.2. The molecule has 1 saturated heterocycles. The lowest BCUT2D eigenvalue weighted by atomic mass is 9.97. The smallest absolute Gasteiger partial charge is 0.244 e. The fraction of sp³-hybridized carbons (Fsp3) is 0.500. The predicted octanol–water partition coefficient (Wildman–Crippen LogP) is 0.548. The number of piperazine rings is 1. The minimum absolute atomic E-state index is 0.0769. The average molecular weight is 366 g/mol. The lowest BCUT2D eigenvalue weighted by Crippen LogP contribution is -2.50. The Balaban J connectivity index is 1.34. The van der Waals surface area contributed by atoms with Crippen LogP contribution in [-0.4, -0.2) is 66.3 Å². The van der Waals surface area contributed by atoms with Crippen molar-refractivity contribution < 1.29 is 4.79 Å². The van der Waals surface area contributed by atoms with Crippen molar-refractivity contribution in [1.29, 1.82) is 0 Å². The van der Waals surface area contributed by atoms with E-state index in [0.717, 1.165) is 37.3 Å². The van der Waals surface area contributed by atoms with E-state index in [1.807, 2.05) is 21.8 Å². The normalized spacial score (nSPS) is 17.3. The van der Waals surface area contributed by atoms with E-state index >= 15 is 0 Å². The molecule has 0 N–H and O–H groups in total. The van der Waals surface area contributed by atoms with Crippen molar-refractivity contribution in [1.82, 2.24) is 34.3 Å². The molecule has 0 unspecified atom stereocenters. The number of carbonyl (C=O) groups excluding carboxylic acids is 1. The zero-order chi connectivity index (χ0) is 18.2. The van der Waals surface area contributed by atoms with Crippen LogP contribution >= 0.6 is 0 Å². The number of nitrogens with zero attached hydrogens (tertiary/aromatic N) is 8. The lowest BCUT2D eigenvalue weighted by molar-refractivity contribution is -0.132. The van der Waals surface area contributed by atoms with Gasteiger partial charge in [-0.2, -0.15) is 10.2 Å². The molecule has 5 rings (SSSR count). The van der Waals surface area contributed by atoms with Crippen molar-refractivity contribution in [3.8, 4) is 0 Å². The van der Waals surface area contributed by atoms with Crippen molar-refractivity contribution >= 4 is 17.2 Å². The van der Waals surface area contributed by atoms with Gasteiger partial charge in [-0.3, -0.25) is 4.79 Å². The Labute approximate surface area is 156 Å². The van der Waals surface area contributed by atoms with E-state index < -0.39 is 0 Å². The molecule has 1 aliphatic carbocycles. The second-order valence-electron chi connectivity index (χ2n) is 7.14. The van der Waals surface area contributed by atoms with Gasteiger partial charge in [-0.25, -0.2) is 19.2 Å². The first-order chi connectivity index (χ1) is 13.3. The van der Waals surface area contributed by atoms with Crippen molar-refractivity contribution in [3.05, 3.63) is 36.3 Å². The van der Waals surface area contributed by atoms with Crippen LogP contribution in [0.2, 0.25) is 0 Å². The summed E-state index contributed by atoms with van der Waals surface area (Å²) >= 11 is 0. The van der Waals surface area contributed by atoms with Crippen LogP contribution in [0.15, 0.2) is 25.0 Å². The Bertz CT molecular complexity index is 955. The summed E-state index contributed by atoms with van der Waals surface area (Å²) in [5, 5.41) is 8.77. The van der Waals surface area contributed by atoms with Gasteiger partial charge in [0.2, 0.25) is 5.91 Å². The Morgan fingerprint density at radius 1 is 1.11 bits per heavy atom. The van der Waals surface area contributed by atoms with Crippen molar-refractivity contribution in [2.45, 2.75) is 32.2 Å². The molecule has 2 aliphatic rings. The molecule has 0 atom stereocenters. The summed E-state index contributed by atoms with van der Waals surface area (Å²) in [6, 6.07) is 0. The Hall–Kier alpha value is -2.97. The van der Waals surface area contributed by atoms with Crippen LogP contribution in [-0.2, 0) is 24.2 Å². The van der Waals surface area contributed by atoms with Crippen LogP contribution in [0.3, 0.4) is 0 Å². The van der Waals surface area contributed by atoms with Gasteiger partial charge in [0, 0.05) is 44.1 Å². The maximum absolute atomic E-state index is 12.5. The molecule has 0 radical (unpaired) electrons. The maximum atomic E-state index is 12.5. The van der Waals surface area contributed by atoms with E-state index in [1.165, 1.54) is 30.4 Å². The van der Waals surface area contributed by atoms with E-state index in [1.54, 1.807) is 11.0 Å². The predicted molar refractivity (Wildman–Crippen MR) is 98.4 cm³/mol. The Morgan fingerprint density at radius 3 is 2.78 bits per heavy atom. The zero-order valence-electron chi connectivity index (χ0n) is 15.2. The van der Waals surface area contributed by atoms with Crippen LogP contribution in [0.1, 0.15) is 24.1 Å². The molecule has 1 aliphatic heterocycles. The van der Waals surface area contributed by atoms with E-state index in [0.29, 0.717) is 13.1 Å². The molecular formula is C18H22N8O. The van der Waals surface area contributed by atoms with Crippen LogP contribution in [0, 0.1) is 0 Å². The van der Waals surface area contributed by atoms with Crippen LogP contribution in [0.25, 0.3) is 5.52 Å². The van der Waals surface area contributed by atoms with Crippen LogP contribution < -0.4 is 4.90 Å². The summed E-state index contributed by atoms with van der Waals surface area (Å²) in [5.41, 5.74) is 3.72. The highest BCUT2D eigenvalue weighted by Gasteiger charge is 2.26. The largest absolute Gasteiger partial charge is 0.351 e. The summed E-state index contributed by atoms with van der Waals surface area (Å²) in [4.78, 5) is 25.2. The second-order valence-corrected chi connectivity index (χ2v) is 7.14. The average Bonchev–Trinajstić information content (AvgIpc) is 3.35. The molecule has 0 aromatic carbocycles. The fourth-order valence-electron chi connectivity index (χ4n) is 4.10. The Morgan fingerprint density at radius 2 is 1.96 bits per heavy atom. The van der Waals surface area contributed by atoms with Gasteiger partial charge in [-0.15, -0.1) is 0 Å². The number of anilines is 1. The Kier molecular flexibility index (Phi) is 3.99. The van der Waals surface area contributed by atoms with Crippen LogP contribution in [0.4, 0.5) is 5.82 Å². The molecule has 0 bridgehead atoms. The summed E-state index contributed by atoms with van der Waals surface area (Å²) in [5.74, 6) is 1.07. The number of amides is 1. The topological polar surface area (TPSA) is 84.5 Å². The lowest BCUT2D eigenvalue weighted by Gasteiger charge is -2.35. The third-order valence-electron chi connectivity index (χ3n) is 5.49. The highest BCUT2D eigenvalue weighted by Crippen LogP contribution is 2.30. The van der Waals surface area contributed by atoms with Gasteiger partial charge in [0.25, 0.3) is 0 Å². The third kappa shape index (κ3) is 2.92. The SMILES string of the molecule is O=C(Cn1cncn1)N1CCN(c2nccn3nc4c(c23)CCCC4)CC1. The van der Waals surface area contributed by atoms with Crippen LogP contribution in [0.5, 0.6) is 0 Å². The van der Waals surface area contributed by atoms with E-state index in [-0.39, 0.29) is 12.5 Å². The summed E-state index contributed by atoms with van der Waals surface area (Å²) in [7, 11) is 0. The number of aryl methyl sites for hydroxylation is 2. The number of aromatic nitrogens is 6. The fourth-order valence-corrected chi connectivity index (χ4v) is 4.10. The quantitative estimate of drug-likeness (QED) is 0.673. The number of hydrogen-bond donors (Lipinski definition) is 0. The monoisotopic (exact) mass is 366 g/mol. The zero-order valence-corrected chi connectivity index (χ0v) is 15.2. The standard InChI is InChI=1S/C18H22N8O/c27-16(11-25-13-19-12-21-25)23-7-9-24(10-8-23)18-17-14-3-1-2-4-15(14)22-26(17)6-5-20-18/h5-6,12-13H,1-4,7-11H2. The van der Waals surface area contributed by atoms with Gasteiger partial charge in [0.15, 0.2) is 5.82 Å². The molecule has 4 heterocycles. The van der Waals surface area contributed by atoms with E-state index in [2.05, 4.69) is 20.0 Å². The molecule has 0 saturated carbocycles. The minimum atomic E-state index is 0.0769. The first kappa shape index (κ1) is 16.2. The second kappa shape index (κ2) is 6.64. The molecule has 1 fully saturated rings. The first-order valence-electron chi connectivity index (χ1n) is 9.50. The third-order valence-corrected chi connectivity index (χ3v) is 5.49. The molecule has 140 valence electrons. The molecular weight excluding hydrogens is 344 g/mol. The van der Waals surface area contributed by atoms with Gasteiger partial charge in [-0.1, -0.05) is 0 Å². The highest BCUT2D eigenvalue weighted by molar-refractivity contribution is 5.77. The van der Waals surface area contributed by atoms with Crippen molar-refractivity contribution in [3.63, 3.8) is 0 Å². The molecule has 0 spiro atoms. The number of carbonyl (C=O) groups is 1. The molecule has 1 amide bonds. The van der Waals surface area contributed by atoms with Gasteiger partial charge >= 0.3 is 0 Å². The molecule has 9 heteroatoms. The van der Waals surface area contributed by atoms with Gasteiger partial charge in [-0.05, 0) is 25.7 Å². The summed E-state index contributed by atoms with van der Waals surface area (Å²) < 4.78 is 3.55. The number of hydrogen-bond acceptors (Lipinski definition) is 6. The number of rotatable bonds is 3. The molecule has 9 nitrogen and oxygen atoms in total. The van der Waals surface area contributed by atoms with E-state index in [4.69, 9.17) is 5.10 Å². The first-order valence-corrected chi connectivity index (χ1v) is 9.50. The molecule has 3 aromatic heterocycles. The summed E-state index contributed by atoms with van der Waals surface area (Å²) in [6.07, 6.45) is 11.3. The summed E-state index contributed by atoms with van der Waals surface area (Å²) in [6.45, 7) is 3.16. The van der Waals surface area contributed by atoms with E-state index in [9.17, 15) is 4.79 Å². The van der Waals surface area contributed by atoms with Gasteiger partial charge in [0.1, 0.15) is 24.7 Å². The van der Waals surface area contributed by atoms with Crippen molar-refractivity contribution in [2.75, 3.05) is 31.1 Å². The number of fused-ring (bicyclic) bond motifs is 3. The maximum Gasteiger partial charge on any atom is 0.244 e. The minimum Gasteiger partial charge on any atom is -0.351 e. The molecule has 27 heavy (non-hydrogen) atoms. The van der Waals surface area contributed by atoms with Gasteiger partial charge < -0.3 is 9.80 Å². The van der Waals surface area contributed by atoms with Gasteiger partial charge in [0.05, 0.1) is 5.69 Å².